The number of rotatable bonds is 4. The highest BCUT2D eigenvalue weighted by atomic mass is 32.2. The molecule has 174 valence electrons. The topological polar surface area (TPSA) is 49.9 Å². The summed E-state index contributed by atoms with van der Waals surface area (Å²) in [5.74, 6) is -1.29. The molecule has 0 saturated carbocycles. The van der Waals surface area contributed by atoms with Crippen LogP contribution in [0, 0.1) is 18.6 Å². The van der Waals surface area contributed by atoms with E-state index in [1.54, 1.807) is 42.3 Å². The van der Waals surface area contributed by atoms with Crippen LogP contribution in [0.15, 0.2) is 60.7 Å². The lowest BCUT2D eigenvalue weighted by Crippen LogP contribution is -2.50. The number of thioether (sulfide) groups is 1. The predicted octanol–water partition coefficient (Wildman–Crippen LogP) is 4.87. The Hall–Kier alpha value is -3.39. The number of methoxy groups -OCH3 is 1. The summed E-state index contributed by atoms with van der Waals surface area (Å²) in [6, 6.07) is 16.2. The standard InChI is InChI=1S/C26H22F2N2O3S/c1-16-3-6-18(7-4-16)24(31)30-11-12-34-26(30)20-14-19(33-2)8-10-23(20)29(25(26)32)15-17-5-9-21(27)22(28)13-17/h3-10,13-14H,11-12,15H2,1-2H3/t26-/m1/s1. The molecule has 1 fully saturated rings. The van der Waals surface area contributed by atoms with Gasteiger partial charge in [0, 0.05) is 23.4 Å². The van der Waals surface area contributed by atoms with Gasteiger partial charge in [0.1, 0.15) is 5.75 Å². The highest BCUT2D eigenvalue weighted by Crippen LogP contribution is 2.55. The van der Waals surface area contributed by atoms with E-state index in [2.05, 4.69) is 0 Å². The molecule has 3 aromatic rings. The first kappa shape index (κ1) is 22.4. The van der Waals surface area contributed by atoms with Crippen molar-refractivity contribution in [1.29, 1.82) is 0 Å². The molecule has 2 amide bonds. The molecule has 5 rings (SSSR count). The van der Waals surface area contributed by atoms with Gasteiger partial charge in [0.15, 0.2) is 16.5 Å². The van der Waals surface area contributed by atoms with Gasteiger partial charge in [-0.15, -0.1) is 11.8 Å². The van der Waals surface area contributed by atoms with Crippen LogP contribution in [-0.4, -0.2) is 36.1 Å². The van der Waals surface area contributed by atoms with Crippen molar-refractivity contribution < 1.29 is 23.1 Å². The first-order valence-electron chi connectivity index (χ1n) is 10.8. The summed E-state index contributed by atoms with van der Waals surface area (Å²) < 4.78 is 32.8. The average Bonchev–Trinajstić information content (AvgIpc) is 3.38. The minimum absolute atomic E-state index is 0.0459. The van der Waals surface area contributed by atoms with Crippen molar-refractivity contribution in [2.45, 2.75) is 18.3 Å². The molecule has 2 aliphatic heterocycles. The van der Waals surface area contributed by atoms with E-state index in [1.807, 2.05) is 19.1 Å². The van der Waals surface area contributed by atoms with Gasteiger partial charge >= 0.3 is 0 Å². The Morgan fingerprint density at radius 2 is 1.82 bits per heavy atom. The minimum atomic E-state index is -1.26. The van der Waals surface area contributed by atoms with E-state index < -0.39 is 16.5 Å². The second-order valence-electron chi connectivity index (χ2n) is 8.34. The van der Waals surface area contributed by atoms with Gasteiger partial charge in [-0.3, -0.25) is 9.59 Å². The average molecular weight is 481 g/mol. The molecule has 0 N–H and O–H groups in total. The third kappa shape index (κ3) is 3.44. The number of ether oxygens (including phenoxy) is 1. The molecule has 0 aliphatic carbocycles. The molecule has 8 heteroatoms. The molecule has 0 radical (unpaired) electrons. The molecule has 1 saturated heterocycles. The van der Waals surface area contributed by atoms with Crippen molar-refractivity contribution in [3.8, 4) is 5.75 Å². The van der Waals surface area contributed by atoms with Crippen LogP contribution in [0.2, 0.25) is 0 Å². The van der Waals surface area contributed by atoms with E-state index in [0.717, 1.165) is 17.7 Å². The van der Waals surface area contributed by atoms with E-state index in [0.29, 0.717) is 40.4 Å². The van der Waals surface area contributed by atoms with E-state index in [1.165, 1.54) is 22.7 Å². The highest BCUT2D eigenvalue weighted by Gasteiger charge is 2.59. The normalized spacial score (nSPS) is 19.1. The minimum Gasteiger partial charge on any atom is -0.497 e. The lowest BCUT2D eigenvalue weighted by molar-refractivity contribution is -0.123. The number of hydrogen-bond acceptors (Lipinski definition) is 4. The fourth-order valence-electron chi connectivity index (χ4n) is 4.55. The zero-order valence-corrected chi connectivity index (χ0v) is 19.5. The summed E-state index contributed by atoms with van der Waals surface area (Å²) in [5, 5.41) is 0. The number of benzene rings is 3. The molecule has 2 aliphatic rings. The van der Waals surface area contributed by atoms with Gasteiger partial charge in [0.25, 0.3) is 11.8 Å². The number of aryl methyl sites for hydroxylation is 1. The first-order valence-corrected chi connectivity index (χ1v) is 11.8. The molecule has 1 spiro atoms. The van der Waals surface area contributed by atoms with Crippen LogP contribution in [0.3, 0.4) is 0 Å². The number of carbonyl (C=O) groups is 2. The second-order valence-corrected chi connectivity index (χ2v) is 9.63. The molecular formula is C26H22F2N2O3S. The summed E-state index contributed by atoms with van der Waals surface area (Å²) in [5.41, 5.74) is 3.26. The molecule has 0 unspecified atom stereocenters. The summed E-state index contributed by atoms with van der Waals surface area (Å²) >= 11 is 1.40. The van der Waals surface area contributed by atoms with Gasteiger partial charge in [-0.2, -0.15) is 0 Å². The fraction of sp³-hybridized carbons (Fsp3) is 0.231. The third-order valence-corrected chi connectivity index (χ3v) is 7.69. The Kier molecular flexibility index (Phi) is 5.56. The number of hydrogen-bond donors (Lipinski definition) is 0. The van der Waals surface area contributed by atoms with Gasteiger partial charge in [0.05, 0.1) is 19.3 Å². The summed E-state index contributed by atoms with van der Waals surface area (Å²) in [7, 11) is 1.54. The van der Waals surface area contributed by atoms with Crippen molar-refractivity contribution in [2.24, 2.45) is 0 Å². The largest absolute Gasteiger partial charge is 0.497 e. The third-order valence-electron chi connectivity index (χ3n) is 6.27. The van der Waals surface area contributed by atoms with Gasteiger partial charge in [-0.1, -0.05) is 23.8 Å². The van der Waals surface area contributed by atoms with Crippen LogP contribution in [0.1, 0.15) is 27.0 Å². The Morgan fingerprint density at radius 3 is 2.53 bits per heavy atom. The van der Waals surface area contributed by atoms with Crippen LogP contribution in [0.5, 0.6) is 5.75 Å². The predicted molar refractivity (Wildman–Crippen MR) is 127 cm³/mol. The quantitative estimate of drug-likeness (QED) is 0.535. The van der Waals surface area contributed by atoms with Gasteiger partial charge in [-0.05, 0) is 55.0 Å². The number of fused-ring (bicyclic) bond motifs is 2. The summed E-state index contributed by atoms with van der Waals surface area (Å²) in [4.78, 5) is 29.5. The molecular weight excluding hydrogens is 458 g/mol. The smallest absolute Gasteiger partial charge is 0.268 e. The monoisotopic (exact) mass is 480 g/mol. The van der Waals surface area contributed by atoms with E-state index in [9.17, 15) is 18.4 Å². The highest BCUT2D eigenvalue weighted by molar-refractivity contribution is 8.01. The molecule has 1 atom stereocenters. The van der Waals surface area contributed by atoms with E-state index >= 15 is 0 Å². The fourth-order valence-corrected chi connectivity index (χ4v) is 6.00. The van der Waals surface area contributed by atoms with E-state index in [4.69, 9.17) is 4.74 Å². The van der Waals surface area contributed by atoms with Gasteiger partial charge < -0.3 is 14.5 Å². The zero-order chi connectivity index (χ0) is 24.0. The molecule has 2 heterocycles. The SMILES string of the molecule is COc1ccc2c(c1)[C@@]1(SCCN1C(=O)c1ccc(C)cc1)C(=O)N2Cc1ccc(F)c(F)c1. The van der Waals surface area contributed by atoms with Crippen LogP contribution in [-0.2, 0) is 16.2 Å². The number of anilines is 1. The van der Waals surface area contributed by atoms with Crippen molar-refractivity contribution in [3.63, 3.8) is 0 Å². The Morgan fingerprint density at radius 1 is 1.06 bits per heavy atom. The molecule has 0 aromatic heterocycles. The van der Waals surface area contributed by atoms with Crippen molar-refractivity contribution in [2.75, 3.05) is 24.3 Å². The van der Waals surface area contributed by atoms with Crippen LogP contribution in [0.25, 0.3) is 0 Å². The van der Waals surface area contributed by atoms with E-state index in [-0.39, 0.29) is 18.4 Å². The number of halogens is 2. The molecule has 0 bridgehead atoms. The van der Waals surface area contributed by atoms with Crippen LogP contribution < -0.4 is 9.64 Å². The van der Waals surface area contributed by atoms with Gasteiger partial charge in [0.2, 0.25) is 0 Å². The molecule has 5 nitrogen and oxygen atoms in total. The lowest BCUT2D eigenvalue weighted by Gasteiger charge is -2.33. The molecule has 3 aromatic carbocycles. The maximum absolute atomic E-state index is 14.0. The van der Waals surface area contributed by atoms with Crippen molar-refractivity contribution in [3.05, 3.63) is 94.6 Å². The Labute approximate surface area is 200 Å². The Bertz CT molecular complexity index is 1300. The van der Waals surface area contributed by atoms with Crippen molar-refractivity contribution >= 4 is 29.3 Å². The number of carbonyl (C=O) groups excluding carboxylic acids is 2. The number of nitrogens with zero attached hydrogens (tertiary/aromatic N) is 2. The van der Waals surface area contributed by atoms with Crippen LogP contribution in [0.4, 0.5) is 14.5 Å². The Balaban J connectivity index is 1.60. The first-order chi connectivity index (χ1) is 16.3. The maximum Gasteiger partial charge on any atom is 0.268 e. The van der Waals surface area contributed by atoms with Gasteiger partial charge in [-0.25, -0.2) is 8.78 Å². The van der Waals surface area contributed by atoms with Crippen LogP contribution >= 0.6 is 11.8 Å². The molecule has 34 heavy (non-hydrogen) atoms. The zero-order valence-electron chi connectivity index (χ0n) is 18.7. The van der Waals surface area contributed by atoms with Crippen molar-refractivity contribution in [1.82, 2.24) is 4.90 Å². The summed E-state index contributed by atoms with van der Waals surface area (Å²) in [6.45, 7) is 2.39. The summed E-state index contributed by atoms with van der Waals surface area (Å²) in [6.07, 6.45) is 0. The number of amides is 2. The lowest BCUT2D eigenvalue weighted by atomic mass is 10.0. The second kappa shape index (κ2) is 8.43. The maximum atomic E-state index is 14.0.